The lowest BCUT2D eigenvalue weighted by atomic mass is 9.99. The second kappa shape index (κ2) is 13.4. The minimum Gasteiger partial charge on any atom is -0.450 e. The van der Waals surface area contributed by atoms with Crippen molar-refractivity contribution in [3.05, 3.63) is 0 Å². The van der Waals surface area contributed by atoms with Crippen LogP contribution in [-0.2, 0) is 4.74 Å². The van der Waals surface area contributed by atoms with Gasteiger partial charge >= 0.3 is 6.09 Å². The van der Waals surface area contributed by atoms with Crippen LogP contribution in [0.15, 0.2) is 4.99 Å². The SMILES string of the molecule is CCOC(=O)N1CCN(C(=NC)NCCCCN2CCC(C)CC2)CC1.I. The molecule has 2 saturated heterocycles. The van der Waals surface area contributed by atoms with Crippen molar-refractivity contribution in [1.82, 2.24) is 20.0 Å². The zero-order valence-corrected chi connectivity index (χ0v) is 19.6. The monoisotopic (exact) mass is 495 g/mol. The van der Waals surface area contributed by atoms with Crippen molar-refractivity contribution in [2.75, 3.05) is 66.0 Å². The summed E-state index contributed by atoms with van der Waals surface area (Å²) in [6.45, 7) is 12.3. The molecular weight excluding hydrogens is 457 g/mol. The number of hydrogen-bond donors (Lipinski definition) is 1. The maximum absolute atomic E-state index is 11.8. The number of carbonyl (C=O) groups is 1. The molecular formula is C19H38IN5O2. The first-order valence-electron chi connectivity index (χ1n) is 10.2. The molecule has 0 spiro atoms. The standard InChI is InChI=1S/C19H37N5O2.HI/c1-4-26-19(25)24-15-13-23(14-16-24)18(20-3)21-9-5-6-10-22-11-7-17(2)8-12-22;/h17H,4-16H2,1-3H3,(H,20,21);1H. The number of ether oxygens (including phenoxy) is 1. The van der Waals surface area contributed by atoms with Crippen molar-refractivity contribution < 1.29 is 9.53 Å². The Bertz CT molecular complexity index is 447. The smallest absolute Gasteiger partial charge is 0.409 e. The highest BCUT2D eigenvalue weighted by atomic mass is 127. The van der Waals surface area contributed by atoms with Crippen LogP contribution in [0.1, 0.15) is 39.5 Å². The average Bonchev–Trinajstić information content (AvgIpc) is 2.66. The van der Waals surface area contributed by atoms with E-state index in [-0.39, 0.29) is 30.1 Å². The zero-order valence-electron chi connectivity index (χ0n) is 17.3. The van der Waals surface area contributed by atoms with E-state index in [1.807, 2.05) is 14.0 Å². The van der Waals surface area contributed by atoms with Gasteiger partial charge in [-0.05, 0) is 58.2 Å². The number of nitrogens with one attached hydrogen (secondary N) is 1. The van der Waals surface area contributed by atoms with E-state index in [0.717, 1.165) is 37.9 Å². The molecule has 0 unspecified atom stereocenters. The van der Waals surface area contributed by atoms with Crippen molar-refractivity contribution in [2.24, 2.45) is 10.9 Å². The normalized spacial score (nSPS) is 19.6. The van der Waals surface area contributed by atoms with E-state index in [9.17, 15) is 4.79 Å². The van der Waals surface area contributed by atoms with Crippen LogP contribution in [-0.4, -0.2) is 92.8 Å². The summed E-state index contributed by atoms with van der Waals surface area (Å²) in [7, 11) is 1.83. The molecule has 0 aliphatic carbocycles. The second-order valence-corrected chi connectivity index (χ2v) is 7.38. The predicted octanol–water partition coefficient (Wildman–Crippen LogP) is 2.47. The Kier molecular flexibility index (Phi) is 12.1. The van der Waals surface area contributed by atoms with Gasteiger partial charge < -0.3 is 24.8 Å². The van der Waals surface area contributed by atoms with Gasteiger partial charge in [0.15, 0.2) is 5.96 Å². The van der Waals surface area contributed by atoms with Gasteiger partial charge in [-0.3, -0.25) is 4.99 Å². The van der Waals surface area contributed by atoms with E-state index in [0.29, 0.717) is 19.7 Å². The van der Waals surface area contributed by atoms with Crippen molar-refractivity contribution in [3.63, 3.8) is 0 Å². The predicted molar refractivity (Wildman–Crippen MR) is 121 cm³/mol. The molecule has 1 amide bonds. The minimum absolute atomic E-state index is 0. The number of carbonyl (C=O) groups excluding carboxylic acids is 1. The number of piperazine rings is 1. The fourth-order valence-electron chi connectivity index (χ4n) is 3.59. The van der Waals surface area contributed by atoms with Crippen LogP contribution in [0.2, 0.25) is 0 Å². The molecule has 0 aromatic rings. The number of likely N-dealkylation sites (tertiary alicyclic amines) is 1. The quantitative estimate of drug-likeness (QED) is 0.266. The Morgan fingerprint density at radius 3 is 2.30 bits per heavy atom. The lowest BCUT2D eigenvalue weighted by Gasteiger charge is -2.35. The van der Waals surface area contributed by atoms with Gasteiger partial charge in [0.25, 0.3) is 0 Å². The van der Waals surface area contributed by atoms with E-state index in [1.165, 1.54) is 38.9 Å². The summed E-state index contributed by atoms with van der Waals surface area (Å²) in [5, 5.41) is 3.48. The highest BCUT2D eigenvalue weighted by molar-refractivity contribution is 14.0. The van der Waals surface area contributed by atoms with E-state index < -0.39 is 0 Å². The molecule has 2 aliphatic rings. The molecule has 2 aliphatic heterocycles. The van der Waals surface area contributed by atoms with Gasteiger partial charge in [0.1, 0.15) is 0 Å². The molecule has 2 heterocycles. The molecule has 7 nitrogen and oxygen atoms in total. The van der Waals surface area contributed by atoms with Gasteiger partial charge in [-0.2, -0.15) is 0 Å². The van der Waals surface area contributed by atoms with Crippen LogP contribution in [0.5, 0.6) is 0 Å². The van der Waals surface area contributed by atoms with Gasteiger partial charge in [-0.1, -0.05) is 6.92 Å². The Morgan fingerprint density at radius 2 is 1.70 bits per heavy atom. The van der Waals surface area contributed by atoms with Gasteiger partial charge in [0.2, 0.25) is 0 Å². The number of unbranched alkanes of at least 4 members (excludes halogenated alkanes) is 1. The Labute approximate surface area is 181 Å². The summed E-state index contributed by atoms with van der Waals surface area (Å²) in [4.78, 5) is 22.8. The topological polar surface area (TPSA) is 60.4 Å². The van der Waals surface area contributed by atoms with Crippen molar-refractivity contribution in [3.8, 4) is 0 Å². The van der Waals surface area contributed by atoms with Crippen LogP contribution >= 0.6 is 24.0 Å². The molecule has 0 aromatic heterocycles. The number of rotatable bonds is 6. The summed E-state index contributed by atoms with van der Waals surface area (Å²) in [6.07, 6.45) is 4.89. The van der Waals surface area contributed by atoms with Crippen molar-refractivity contribution >= 4 is 36.0 Å². The average molecular weight is 495 g/mol. The number of aliphatic imine (C=N–C) groups is 1. The highest BCUT2D eigenvalue weighted by Crippen LogP contribution is 2.16. The Balaban J connectivity index is 0.00000364. The summed E-state index contributed by atoms with van der Waals surface area (Å²) in [5.41, 5.74) is 0. The maximum atomic E-state index is 11.8. The summed E-state index contributed by atoms with van der Waals surface area (Å²) in [5.74, 6) is 1.85. The number of nitrogens with zero attached hydrogens (tertiary/aromatic N) is 4. The van der Waals surface area contributed by atoms with E-state index in [1.54, 1.807) is 4.90 Å². The summed E-state index contributed by atoms with van der Waals surface area (Å²) in [6, 6.07) is 0. The Morgan fingerprint density at radius 1 is 1.07 bits per heavy atom. The van der Waals surface area contributed by atoms with Crippen LogP contribution in [0.4, 0.5) is 4.79 Å². The summed E-state index contributed by atoms with van der Waals surface area (Å²) >= 11 is 0. The van der Waals surface area contributed by atoms with Gasteiger partial charge in [-0.25, -0.2) is 4.79 Å². The second-order valence-electron chi connectivity index (χ2n) is 7.38. The third kappa shape index (κ3) is 8.41. The van der Waals surface area contributed by atoms with E-state index >= 15 is 0 Å². The fraction of sp³-hybridized carbons (Fsp3) is 0.895. The highest BCUT2D eigenvalue weighted by Gasteiger charge is 2.23. The van der Waals surface area contributed by atoms with Crippen LogP contribution in [0, 0.1) is 5.92 Å². The number of amides is 1. The number of halogens is 1. The zero-order chi connectivity index (χ0) is 18.8. The van der Waals surface area contributed by atoms with E-state index in [4.69, 9.17) is 4.74 Å². The first-order chi connectivity index (χ1) is 12.6. The third-order valence-corrected chi connectivity index (χ3v) is 5.38. The van der Waals surface area contributed by atoms with Gasteiger partial charge in [0.05, 0.1) is 6.61 Å². The molecule has 1 N–H and O–H groups in total. The fourth-order valence-corrected chi connectivity index (χ4v) is 3.59. The lowest BCUT2D eigenvalue weighted by Crippen LogP contribution is -2.54. The molecule has 0 saturated carbocycles. The van der Waals surface area contributed by atoms with Crippen LogP contribution < -0.4 is 5.32 Å². The molecule has 27 heavy (non-hydrogen) atoms. The molecule has 2 fully saturated rings. The minimum atomic E-state index is -0.206. The molecule has 0 radical (unpaired) electrons. The molecule has 0 atom stereocenters. The number of piperidine rings is 1. The number of guanidine groups is 1. The van der Waals surface area contributed by atoms with Gasteiger partial charge in [0, 0.05) is 39.8 Å². The molecule has 0 aromatic carbocycles. The third-order valence-electron chi connectivity index (χ3n) is 5.38. The molecule has 0 bridgehead atoms. The molecule has 158 valence electrons. The largest absolute Gasteiger partial charge is 0.450 e. The summed E-state index contributed by atoms with van der Waals surface area (Å²) < 4.78 is 5.07. The number of hydrogen-bond acceptors (Lipinski definition) is 4. The maximum Gasteiger partial charge on any atom is 0.409 e. The Hall–Kier alpha value is -0.770. The lowest BCUT2D eigenvalue weighted by molar-refractivity contribution is 0.0914. The van der Waals surface area contributed by atoms with Gasteiger partial charge in [-0.15, -0.1) is 24.0 Å². The first kappa shape index (κ1) is 24.3. The van der Waals surface area contributed by atoms with Crippen molar-refractivity contribution in [2.45, 2.75) is 39.5 Å². The van der Waals surface area contributed by atoms with E-state index in [2.05, 4.69) is 27.0 Å². The first-order valence-corrected chi connectivity index (χ1v) is 10.2. The van der Waals surface area contributed by atoms with Crippen LogP contribution in [0.3, 0.4) is 0 Å². The molecule has 8 heteroatoms. The molecule has 2 rings (SSSR count). The van der Waals surface area contributed by atoms with Crippen molar-refractivity contribution in [1.29, 1.82) is 0 Å². The van der Waals surface area contributed by atoms with Crippen LogP contribution in [0.25, 0.3) is 0 Å².